The molecule has 0 spiro atoms. The Balaban J connectivity index is 1.99. The zero-order valence-corrected chi connectivity index (χ0v) is 12.2. The summed E-state index contributed by atoms with van der Waals surface area (Å²) in [5, 5.41) is 0. The Morgan fingerprint density at radius 1 is 1.44 bits per heavy atom. The summed E-state index contributed by atoms with van der Waals surface area (Å²) in [5.41, 5.74) is 5.60. The van der Waals surface area contributed by atoms with Crippen LogP contribution < -0.4 is 5.73 Å². The Morgan fingerprint density at radius 3 is 2.67 bits per heavy atom. The Bertz CT molecular complexity index is 426. The lowest BCUT2D eigenvalue weighted by Crippen LogP contribution is -2.55. The van der Waals surface area contributed by atoms with Crippen molar-refractivity contribution in [3.05, 3.63) is 21.3 Å². The lowest BCUT2D eigenvalue weighted by Gasteiger charge is -2.35. The molecule has 0 atom stereocenters. The van der Waals surface area contributed by atoms with E-state index in [9.17, 15) is 4.79 Å². The molecule has 100 valence electrons. The first-order chi connectivity index (χ1) is 8.51. The number of halogens is 1. The molecular formula is C13H19ClN2OS. The van der Waals surface area contributed by atoms with E-state index in [0.29, 0.717) is 6.54 Å². The van der Waals surface area contributed by atoms with Crippen LogP contribution in [0, 0.1) is 0 Å². The summed E-state index contributed by atoms with van der Waals surface area (Å²) in [6.07, 6.45) is 4.92. The van der Waals surface area contributed by atoms with Gasteiger partial charge in [0, 0.05) is 11.9 Å². The molecule has 0 unspecified atom stereocenters. The standard InChI is InChI=1S/C13H19ClN2OS/c1-16(9-10-5-6-11(14)18-10)12(17)13(15)7-3-2-4-8-13/h5-6H,2-4,7-9,15H2,1H3. The number of nitrogens with two attached hydrogens (primary N) is 1. The SMILES string of the molecule is CN(Cc1ccc(Cl)s1)C(=O)C1(N)CCCCC1. The zero-order chi connectivity index (χ0) is 13.2. The summed E-state index contributed by atoms with van der Waals surface area (Å²) < 4.78 is 0.756. The van der Waals surface area contributed by atoms with Crippen molar-refractivity contribution in [3.63, 3.8) is 0 Å². The first kappa shape index (κ1) is 13.8. The Hall–Kier alpha value is -0.580. The van der Waals surface area contributed by atoms with E-state index >= 15 is 0 Å². The molecule has 1 aromatic heterocycles. The van der Waals surface area contributed by atoms with E-state index in [1.807, 2.05) is 19.2 Å². The Kier molecular flexibility index (Phi) is 4.30. The van der Waals surface area contributed by atoms with Crippen LogP contribution in [0.15, 0.2) is 12.1 Å². The molecule has 1 amide bonds. The average molecular weight is 287 g/mol. The van der Waals surface area contributed by atoms with Gasteiger partial charge in [0.15, 0.2) is 0 Å². The molecular weight excluding hydrogens is 268 g/mol. The topological polar surface area (TPSA) is 46.3 Å². The van der Waals surface area contributed by atoms with Crippen molar-refractivity contribution in [2.75, 3.05) is 7.05 Å². The van der Waals surface area contributed by atoms with Crippen LogP contribution in [-0.2, 0) is 11.3 Å². The van der Waals surface area contributed by atoms with Gasteiger partial charge in [0.1, 0.15) is 0 Å². The lowest BCUT2D eigenvalue weighted by molar-refractivity contribution is -0.137. The van der Waals surface area contributed by atoms with Crippen LogP contribution in [0.25, 0.3) is 0 Å². The first-order valence-electron chi connectivity index (χ1n) is 6.30. The third kappa shape index (κ3) is 3.05. The van der Waals surface area contributed by atoms with Gasteiger partial charge in [0.05, 0.1) is 16.4 Å². The summed E-state index contributed by atoms with van der Waals surface area (Å²) in [6.45, 7) is 0.592. The maximum atomic E-state index is 12.4. The monoisotopic (exact) mass is 286 g/mol. The number of hydrogen-bond donors (Lipinski definition) is 1. The minimum Gasteiger partial charge on any atom is -0.339 e. The van der Waals surface area contributed by atoms with Gasteiger partial charge in [-0.2, -0.15) is 0 Å². The number of hydrogen-bond acceptors (Lipinski definition) is 3. The summed E-state index contributed by atoms with van der Waals surface area (Å²) in [6, 6.07) is 3.82. The average Bonchev–Trinajstić information content (AvgIpc) is 2.74. The van der Waals surface area contributed by atoms with Gasteiger partial charge >= 0.3 is 0 Å². The quantitative estimate of drug-likeness (QED) is 0.928. The van der Waals surface area contributed by atoms with Gasteiger partial charge in [0.25, 0.3) is 0 Å². The molecule has 2 rings (SSSR count). The maximum absolute atomic E-state index is 12.4. The third-order valence-corrected chi connectivity index (χ3v) is 4.76. The second kappa shape index (κ2) is 5.59. The highest BCUT2D eigenvalue weighted by atomic mass is 35.5. The van der Waals surface area contributed by atoms with Crippen LogP contribution in [-0.4, -0.2) is 23.4 Å². The number of rotatable bonds is 3. The normalized spacial score (nSPS) is 18.6. The largest absolute Gasteiger partial charge is 0.339 e. The molecule has 1 aliphatic carbocycles. The molecule has 18 heavy (non-hydrogen) atoms. The predicted molar refractivity (Wildman–Crippen MR) is 75.8 cm³/mol. The van der Waals surface area contributed by atoms with E-state index in [1.165, 1.54) is 17.8 Å². The van der Waals surface area contributed by atoms with Crippen LogP contribution in [0.1, 0.15) is 37.0 Å². The fraction of sp³-hybridized carbons (Fsp3) is 0.615. The molecule has 2 N–H and O–H groups in total. The summed E-state index contributed by atoms with van der Waals surface area (Å²) >= 11 is 7.40. The molecule has 0 saturated heterocycles. The second-order valence-electron chi connectivity index (χ2n) is 5.08. The van der Waals surface area contributed by atoms with E-state index in [1.54, 1.807) is 4.90 Å². The summed E-state index contributed by atoms with van der Waals surface area (Å²) in [7, 11) is 1.82. The molecule has 1 aliphatic rings. The van der Waals surface area contributed by atoms with Crippen LogP contribution in [0.2, 0.25) is 4.34 Å². The minimum absolute atomic E-state index is 0.0618. The highest BCUT2D eigenvalue weighted by Crippen LogP contribution is 2.29. The number of carbonyl (C=O) groups excluding carboxylic acids is 1. The van der Waals surface area contributed by atoms with E-state index in [-0.39, 0.29) is 5.91 Å². The van der Waals surface area contributed by atoms with E-state index in [4.69, 9.17) is 17.3 Å². The van der Waals surface area contributed by atoms with Gasteiger partial charge in [-0.1, -0.05) is 30.9 Å². The van der Waals surface area contributed by atoms with Crippen molar-refractivity contribution in [2.45, 2.75) is 44.2 Å². The number of likely N-dealkylation sites (N-methyl/N-ethyl adjacent to an activating group) is 1. The highest BCUT2D eigenvalue weighted by molar-refractivity contribution is 7.16. The van der Waals surface area contributed by atoms with Gasteiger partial charge in [-0.15, -0.1) is 11.3 Å². The fourth-order valence-corrected chi connectivity index (χ4v) is 3.66. The van der Waals surface area contributed by atoms with Crippen molar-refractivity contribution in [1.29, 1.82) is 0 Å². The van der Waals surface area contributed by atoms with Gasteiger partial charge < -0.3 is 10.6 Å². The first-order valence-corrected chi connectivity index (χ1v) is 7.49. The van der Waals surface area contributed by atoms with E-state index < -0.39 is 5.54 Å². The molecule has 1 saturated carbocycles. The van der Waals surface area contributed by atoms with Crippen LogP contribution in [0.4, 0.5) is 0 Å². The molecule has 0 aliphatic heterocycles. The van der Waals surface area contributed by atoms with Crippen molar-refractivity contribution < 1.29 is 4.79 Å². The van der Waals surface area contributed by atoms with Crippen LogP contribution in [0.3, 0.4) is 0 Å². The smallest absolute Gasteiger partial charge is 0.242 e. The minimum atomic E-state index is -0.645. The maximum Gasteiger partial charge on any atom is 0.242 e. The Labute approximate surface area is 117 Å². The van der Waals surface area contributed by atoms with Crippen molar-refractivity contribution in [3.8, 4) is 0 Å². The summed E-state index contributed by atoms with van der Waals surface area (Å²) in [4.78, 5) is 15.2. The van der Waals surface area contributed by atoms with Gasteiger partial charge in [-0.25, -0.2) is 0 Å². The van der Waals surface area contributed by atoms with Gasteiger partial charge in [-0.3, -0.25) is 4.79 Å². The van der Waals surface area contributed by atoms with Crippen molar-refractivity contribution in [1.82, 2.24) is 4.90 Å². The van der Waals surface area contributed by atoms with Gasteiger partial charge in [0.2, 0.25) is 5.91 Å². The molecule has 5 heteroatoms. The Morgan fingerprint density at radius 2 is 2.11 bits per heavy atom. The van der Waals surface area contributed by atoms with Gasteiger partial charge in [-0.05, 0) is 25.0 Å². The molecule has 0 aromatic carbocycles. The molecule has 0 radical (unpaired) electrons. The lowest BCUT2D eigenvalue weighted by atomic mass is 9.81. The van der Waals surface area contributed by atoms with E-state index in [0.717, 1.165) is 34.9 Å². The van der Waals surface area contributed by atoms with Crippen molar-refractivity contribution in [2.24, 2.45) is 5.73 Å². The molecule has 0 bridgehead atoms. The summed E-state index contributed by atoms with van der Waals surface area (Å²) in [5.74, 6) is 0.0618. The molecule has 3 nitrogen and oxygen atoms in total. The van der Waals surface area contributed by atoms with E-state index in [2.05, 4.69) is 0 Å². The van der Waals surface area contributed by atoms with Crippen LogP contribution >= 0.6 is 22.9 Å². The number of carbonyl (C=O) groups is 1. The number of nitrogens with zero attached hydrogens (tertiary/aromatic N) is 1. The number of amides is 1. The predicted octanol–water partition coefficient (Wildman–Crippen LogP) is 3.02. The third-order valence-electron chi connectivity index (χ3n) is 3.54. The second-order valence-corrected chi connectivity index (χ2v) is 6.88. The van der Waals surface area contributed by atoms with Crippen LogP contribution in [0.5, 0.6) is 0 Å². The molecule has 1 aromatic rings. The number of thiophene rings is 1. The zero-order valence-electron chi connectivity index (χ0n) is 10.6. The molecule has 1 heterocycles. The fourth-order valence-electron chi connectivity index (χ4n) is 2.52. The molecule has 1 fully saturated rings. The van der Waals surface area contributed by atoms with Crippen molar-refractivity contribution >= 4 is 28.8 Å². The highest BCUT2D eigenvalue weighted by Gasteiger charge is 2.37.